The van der Waals surface area contributed by atoms with Crippen molar-refractivity contribution >= 4 is 17.2 Å². The van der Waals surface area contributed by atoms with Crippen LogP contribution in [0.4, 0.5) is 17.2 Å². The molecule has 24 heavy (non-hydrogen) atoms. The Morgan fingerprint density at radius 2 is 2.04 bits per heavy atom. The van der Waals surface area contributed by atoms with Crippen molar-refractivity contribution in [1.82, 2.24) is 19.7 Å². The lowest BCUT2D eigenvalue weighted by atomic mass is 10.1. The number of aromatic nitrogens is 3. The summed E-state index contributed by atoms with van der Waals surface area (Å²) < 4.78 is 1.91. The molecule has 0 unspecified atom stereocenters. The summed E-state index contributed by atoms with van der Waals surface area (Å²) in [5.74, 6) is 0.577. The van der Waals surface area contributed by atoms with Gasteiger partial charge in [0.25, 0.3) is 5.69 Å². The predicted molar refractivity (Wildman–Crippen MR) is 91.4 cm³/mol. The molecule has 1 aliphatic heterocycles. The molecule has 0 amide bonds. The van der Waals surface area contributed by atoms with Gasteiger partial charge in [-0.15, -0.1) is 0 Å². The van der Waals surface area contributed by atoms with Gasteiger partial charge in [0, 0.05) is 18.3 Å². The van der Waals surface area contributed by atoms with E-state index in [0.717, 1.165) is 18.8 Å². The molecule has 1 aliphatic rings. The predicted octanol–water partition coefficient (Wildman–Crippen LogP) is 2.72. The van der Waals surface area contributed by atoms with Crippen molar-refractivity contribution in [3.05, 3.63) is 40.3 Å². The lowest BCUT2D eigenvalue weighted by molar-refractivity contribution is -0.385. The highest BCUT2D eigenvalue weighted by Crippen LogP contribution is 2.21. The summed E-state index contributed by atoms with van der Waals surface area (Å²) in [6.45, 7) is 5.92. The van der Waals surface area contributed by atoms with Gasteiger partial charge in [-0.25, -0.2) is 4.98 Å². The minimum atomic E-state index is -0.426. The Bertz CT molecular complexity index is 708. The molecule has 0 saturated carbocycles. The van der Waals surface area contributed by atoms with Crippen LogP contribution in [0.5, 0.6) is 0 Å². The highest BCUT2D eigenvalue weighted by atomic mass is 16.6. The number of pyridine rings is 1. The van der Waals surface area contributed by atoms with E-state index in [-0.39, 0.29) is 5.69 Å². The molecule has 3 heterocycles. The summed E-state index contributed by atoms with van der Waals surface area (Å²) in [6, 6.07) is 1.67. The van der Waals surface area contributed by atoms with Gasteiger partial charge in [-0.05, 0) is 38.9 Å². The first kappa shape index (κ1) is 16.4. The van der Waals surface area contributed by atoms with Gasteiger partial charge in [-0.1, -0.05) is 6.42 Å². The average Bonchev–Trinajstić information content (AvgIpc) is 3.01. The fraction of sp³-hybridized carbons (Fsp3) is 0.500. The number of nitro groups is 1. The van der Waals surface area contributed by atoms with E-state index in [4.69, 9.17) is 0 Å². The maximum atomic E-state index is 10.8. The van der Waals surface area contributed by atoms with Gasteiger partial charge < -0.3 is 10.2 Å². The average molecular weight is 330 g/mol. The van der Waals surface area contributed by atoms with Crippen LogP contribution in [0, 0.1) is 17.0 Å². The first-order chi connectivity index (χ1) is 11.6. The molecule has 2 aromatic heterocycles. The molecule has 0 atom stereocenters. The Morgan fingerprint density at radius 3 is 2.75 bits per heavy atom. The van der Waals surface area contributed by atoms with Crippen LogP contribution in [0.3, 0.4) is 0 Å². The Morgan fingerprint density at radius 1 is 1.25 bits per heavy atom. The van der Waals surface area contributed by atoms with Gasteiger partial charge in [0.2, 0.25) is 0 Å². The van der Waals surface area contributed by atoms with Crippen molar-refractivity contribution in [2.24, 2.45) is 0 Å². The number of likely N-dealkylation sites (tertiary alicyclic amines) is 1. The van der Waals surface area contributed by atoms with Crippen LogP contribution in [-0.4, -0.2) is 44.2 Å². The number of nitrogens with one attached hydrogen (secondary N) is 1. The maximum Gasteiger partial charge on any atom is 0.290 e. The van der Waals surface area contributed by atoms with Crippen LogP contribution in [-0.2, 0) is 6.54 Å². The Balaban J connectivity index is 1.57. The summed E-state index contributed by atoms with van der Waals surface area (Å²) in [5.41, 5.74) is 1.43. The molecule has 3 rings (SSSR count). The van der Waals surface area contributed by atoms with Crippen LogP contribution in [0.1, 0.15) is 24.8 Å². The Hall–Kier alpha value is -2.48. The molecule has 0 bridgehead atoms. The first-order valence-corrected chi connectivity index (χ1v) is 8.25. The third-order valence-corrected chi connectivity index (χ3v) is 4.28. The lowest BCUT2D eigenvalue weighted by Gasteiger charge is -2.26. The molecule has 1 fully saturated rings. The largest absolute Gasteiger partial charge is 0.338 e. The second-order valence-corrected chi connectivity index (χ2v) is 6.13. The summed E-state index contributed by atoms with van der Waals surface area (Å²) in [4.78, 5) is 17.0. The first-order valence-electron chi connectivity index (χ1n) is 8.25. The number of rotatable bonds is 6. The summed E-state index contributed by atoms with van der Waals surface area (Å²) >= 11 is 0. The standard InChI is InChI=1S/C16H22N6O2/c1-13-9-16(17-11-15(13)22(23)24)19-14-10-18-21(12-14)8-7-20-5-3-2-4-6-20/h9-12H,2-8H2,1H3,(H,17,19). The minimum Gasteiger partial charge on any atom is -0.338 e. The number of piperidine rings is 1. The van der Waals surface area contributed by atoms with E-state index in [2.05, 4.69) is 20.3 Å². The molecule has 0 aliphatic carbocycles. The lowest BCUT2D eigenvalue weighted by Crippen LogP contribution is -2.32. The third kappa shape index (κ3) is 4.08. The van der Waals surface area contributed by atoms with Gasteiger partial charge in [-0.3, -0.25) is 14.8 Å². The summed E-state index contributed by atoms with van der Waals surface area (Å²) in [5, 5.41) is 18.3. The fourth-order valence-electron chi connectivity index (χ4n) is 2.93. The van der Waals surface area contributed by atoms with Gasteiger partial charge >= 0.3 is 0 Å². The highest BCUT2D eigenvalue weighted by Gasteiger charge is 2.12. The molecule has 8 heteroatoms. The Kier molecular flexibility index (Phi) is 5.05. The minimum absolute atomic E-state index is 0.0257. The SMILES string of the molecule is Cc1cc(Nc2cnn(CCN3CCCCC3)c2)ncc1[N+](=O)[O-]. The van der Waals surface area contributed by atoms with Crippen LogP contribution < -0.4 is 5.32 Å². The fourth-order valence-corrected chi connectivity index (χ4v) is 2.93. The molecule has 1 saturated heterocycles. The van der Waals surface area contributed by atoms with Crippen LogP contribution >= 0.6 is 0 Å². The van der Waals surface area contributed by atoms with Gasteiger partial charge in [-0.2, -0.15) is 5.10 Å². The van der Waals surface area contributed by atoms with Gasteiger partial charge in [0.1, 0.15) is 12.0 Å². The quantitative estimate of drug-likeness (QED) is 0.647. The normalized spacial score (nSPS) is 15.4. The maximum absolute atomic E-state index is 10.8. The molecule has 8 nitrogen and oxygen atoms in total. The van der Waals surface area contributed by atoms with Crippen molar-refractivity contribution in [3.8, 4) is 0 Å². The van der Waals surface area contributed by atoms with E-state index in [0.29, 0.717) is 11.4 Å². The number of hydrogen-bond donors (Lipinski definition) is 1. The summed E-state index contributed by atoms with van der Waals surface area (Å²) in [6.07, 6.45) is 8.87. The second-order valence-electron chi connectivity index (χ2n) is 6.13. The molecule has 128 valence electrons. The molecule has 0 aromatic carbocycles. The van der Waals surface area contributed by atoms with Crippen molar-refractivity contribution < 1.29 is 4.92 Å². The van der Waals surface area contributed by atoms with Gasteiger partial charge in [0.15, 0.2) is 0 Å². The van der Waals surface area contributed by atoms with Gasteiger partial charge in [0.05, 0.1) is 23.4 Å². The zero-order valence-corrected chi connectivity index (χ0v) is 13.8. The molecule has 0 spiro atoms. The van der Waals surface area contributed by atoms with Crippen molar-refractivity contribution in [1.29, 1.82) is 0 Å². The molecule has 0 radical (unpaired) electrons. The molecular weight excluding hydrogens is 308 g/mol. The third-order valence-electron chi connectivity index (χ3n) is 4.28. The van der Waals surface area contributed by atoms with Crippen LogP contribution in [0.15, 0.2) is 24.7 Å². The number of aryl methyl sites for hydroxylation is 1. The zero-order chi connectivity index (χ0) is 16.9. The van der Waals surface area contributed by atoms with Crippen molar-refractivity contribution in [2.75, 3.05) is 25.0 Å². The smallest absolute Gasteiger partial charge is 0.290 e. The number of anilines is 2. The van der Waals surface area contributed by atoms with E-state index >= 15 is 0 Å². The molecular formula is C16H22N6O2. The molecule has 1 N–H and O–H groups in total. The van der Waals surface area contributed by atoms with E-state index in [1.54, 1.807) is 19.2 Å². The van der Waals surface area contributed by atoms with Crippen molar-refractivity contribution in [3.63, 3.8) is 0 Å². The number of nitrogens with zero attached hydrogens (tertiary/aromatic N) is 5. The molecule has 2 aromatic rings. The zero-order valence-electron chi connectivity index (χ0n) is 13.8. The second kappa shape index (κ2) is 7.39. The number of hydrogen-bond acceptors (Lipinski definition) is 6. The van der Waals surface area contributed by atoms with Crippen LogP contribution in [0.25, 0.3) is 0 Å². The monoisotopic (exact) mass is 330 g/mol. The van der Waals surface area contributed by atoms with Crippen LogP contribution in [0.2, 0.25) is 0 Å². The van der Waals surface area contributed by atoms with E-state index in [1.807, 2.05) is 10.9 Å². The Labute approximate surface area is 140 Å². The van der Waals surface area contributed by atoms with E-state index < -0.39 is 4.92 Å². The van der Waals surface area contributed by atoms with E-state index in [9.17, 15) is 10.1 Å². The topological polar surface area (TPSA) is 89.1 Å². The van der Waals surface area contributed by atoms with Crippen molar-refractivity contribution in [2.45, 2.75) is 32.7 Å². The highest BCUT2D eigenvalue weighted by molar-refractivity contribution is 5.56. The summed E-state index contributed by atoms with van der Waals surface area (Å²) in [7, 11) is 0. The van der Waals surface area contributed by atoms with E-state index in [1.165, 1.54) is 38.5 Å².